The summed E-state index contributed by atoms with van der Waals surface area (Å²) in [5, 5.41) is 13.4. The predicted molar refractivity (Wildman–Crippen MR) is 59.0 cm³/mol. The van der Waals surface area contributed by atoms with E-state index in [0.29, 0.717) is 23.6 Å². The van der Waals surface area contributed by atoms with E-state index in [4.69, 9.17) is 5.11 Å². The van der Waals surface area contributed by atoms with E-state index in [-0.39, 0.29) is 12.2 Å². The number of rotatable bonds is 4. The van der Waals surface area contributed by atoms with Gasteiger partial charge in [0.25, 0.3) is 5.56 Å². The topological polar surface area (TPSA) is 78.0 Å². The number of nitrogens with zero attached hydrogens (tertiary/aromatic N) is 1. The smallest absolute Gasteiger partial charge is 0.268 e. The van der Waals surface area contributed by atoms with Crippen LogP contribution in [0.1, 0.15) is 5.82 Å². The molecule has 80 valence electrons. The van der Waals surface area contributed by atoms with Crippen molar-refractivity contribution in [2.24, 2.45) is 0 Å². The van der Waals surface area contributed by atoms with Crippen LogP contribution in [0.5, 0.6) is 0 Å². The lowest BCUT2D eigenvalue weighted by Crippen LogP contribution is -2.21. The van der Waals surface area contributed by atoms with Gasteiger partial charge in [-0.3, -0.25) is 4.79 Å². The van der Waals surface area contributed by atoms with Crippen LogP contribution in [-0.2, 0) is 6.54 Å². The number of aliphatic hydroxyl groups excluding tert-OH is 1. The minimum atomic E-state index is -0.101. The Morgan fingerprint density at radius 3 is 3.27 bits per heavy atom. The summed E-state index contributed by atoms with van der Waals surface area (Å²) in [5.41, 5.74) is 0.625. The van der Waals surface area contributed by atoms with Crippen molar-refractivity contribution in [1.82, 2.24) is 15.3 Å². The fraction of sp³-hybridized carbons (Fsp3) is 0.333. The third-order valence-electron chi connectivity index (χ3n) is 1.94. The molecule has 0 spiro atoms. The van der Waals surface area contributed by atoms with E-state index < -0.39 is 0 Å². The van der Waals surface area contributed by atoms with Gasteiger partial charge in [-0.15, -0.1) is 11.3 Å². The van der Waals surface area contributed by atoms with Gasteiger partial charge in [0.15, 0.2) is 0 Å². The molecule has 0 bridgehead atoms. The predicted octanol–water partition coefficient (Wildman–Crippen LogP) is 0.0665. The number of H-pyrrole nitrogens is 1. The molecule has 6 heteroatoms. The van der Waals surface area contributed by atoms with Gasteiger partial charge >= 0.3 is 0 Å². The van der Waals surface area contributed by atoms with Gasteiger partial charge in [-0.2, -0.15) is 0 Å². The van der Waals surface area contributed by atoms with Crippen molar-refractivity contribution in [3.63, 3.8) is 0 Å². The molecule has 0 saturated carbocycles. The van der Waals surface area contributed by atoms with E-state index in [2.05, 4.69) is 15.3 Å². The first kappa shape index (κ1) is 10.3. The van der Waals surface area contributed by atoms with Crippen molar-refractivity contribution in [1.29, 1.82) is 0 Å². The summed E-state index contributed by atoms with van der Waals surface area (Å²) in [4.78, 5) is 18.5. The first-order valence-corrected chi connectivity index (χ1v) is 5.47. The quantitative estimate of drug-likeness (QED) is 0.643. The summed E-state index contributed by atoms with van der Waals surface area (Å²) in [6.07, 6.45) is 0. The molecule has 0 fully saturated rings. The lowest BCUT2D eigenvalue weighted by molar-refractivity contribution is 0.291. The second kappa shape index (κ2) is 4.52. The molecule has 2 rings (SSSR count). The summed E-state index contributed by atoms with van der Waals surface area (Å²) in [5.74, 6) is 0.597. The average Bonchev–Trinajstić information content (AvgIpc) is 2.66. The molecule has 0 aliphatic heterocycles. The number of fused-ring (bicyclic) bond motifs is 1. The maximum absolute atomic E-state index is 11.5. The van der Waals surface area contributed by atoms with Crippen LogP contribution < -0.4 is 10.9 Å². The molecule has 0 unspecified atom stereocenters. The van der Waals surface area contributed by atoms with Crippen LogP contribution >= 0.6 is 11.3 Å². The molecule has 3 N–H and O–H groups in total. The second-order valence-electron chi connectivity index (χ2n) is 3.05. The number of aromatic amines is 1. The molecule has 0 aliphatic rings. The van der Waals surface area contributed by atoms with Crippen LogP contribution in [0.25, 0.3) is 10.2 Å². The minimum Gasteiger partial charge on any atom is -0.395 e. The number of thiophene rings is 1. The highest BCUT2D eigenvalue weighted by Gasteiger charge is 2.03. The molecule has 5 nitrogen and oxygen atoms in total. The highest BCUT2D eigenvalue weighted by molar-refractivity contribution is 7.17. The number of aromatic nitrogens is 2. The van der Waals surface area contributed by atoms with Crippen molar-refractivity contribution in [3.05, 3.63) is 27.6 Å². The van der Waals surface area contributed by atoms with Crippen molar-refractivity contribution in [3.8, 4) is 0 Å². The number of hydrogen-bond donors (Lipinski definition) is 3. The molecule has 2 aromatic rings. The van der Waals surface area contributed by atoms with E-state index in [1.807, 2.05) is 11.4 Å². The average molecular weight is 225 g/mol. The van der Waals surface area contributed by atoms with Crippen LogP contribution in [0.2, 0.25) is 0 Å². The summed E-state index contributed by atoms with van der Waals surface area (Å²) in [6.45, 7) is 1.03. The van der Waals surface area contributed by atoms with Crippen LogP contribution in [0.4, 0.5) is 0 Å². The Morgan fingerprint density at radius 1 is 1.60 bits per heavy atom. The van der Waals surface area contributed by atoms with Gasteiger partial charge in [-0.1, -0.05) is 0 Å². The maximum atomic E-state index is 11.5. The zero-order valence-electron chi connectivity index (χ0n) is 7.99. The zero-order chi connectivity index (χ0) is 10.7. The minimum absolute atomic E-state index is 0.0743. The fourth-order valence-electron chi connectivity index (χ4n) is 1.29. The molecule has 0 radical (unpaired) electrons. The summed E-state index contributed by atoms with van der Waals surface area (Å²) in [6, 6.07) is 1.82. The van der Waals surface area contributed by atoms with E-state index in [1.165, 1.54) is 11.3 Å². The first-order valence-electron chi connectivity index (χ1n) is 4.59. The van der Waals surface area contributed by atoms with Crippen molar-refractivity contribution >= 4 is 21.6 Å². The van der Waals surface area contributed by atoms with Crippen LogP contribution in [-0.4, -0.2) is 28.2 Å². The third-order valence-corrected chi connectivity index (χ3v) is 2.85. The van der Waals surface area contributed by atoms with Crippen LogP contribution in [0.3, 0.4) is 0 Å². The van der Waals surface area contributed by atoms with Crippen LogP contribution in [0, 0.1) is 0 Å². The highest BCUT2D eigenvalue weighted by Crippen LogP contribution is 2.13. The lowest BCUT2D eigenvalue weighted by atomic mass is 10.4. The van der Waals surface area contributed by atoms with Gasteiger partial charge in [0.05, 0.1) is 18.7 Å². The molecule has 15 heavy (non-hydrogen) atoms. The molecule has 0 atom stereocenters. The molecular formula is C9H11N3O2S. The monoisotopic (exact) mass is 225 g/mol. The molecule has 0 aliphatic carbocycles. The largest absolute Gasteiger partial charge is 0.395 e. The molecule has 2 aromatic heterocycles. The van der Waals surface area contributed by atoms with Crippen molar-refractivity contribution in [2.45, 2.75) is 6.54 Å². The number of nitrogens with one attached hydrogen (secondary N) is 2. The normalized spacial score (nSPS) is 11.0. The Labute approximate surface area is 89.8 Å². The van der Waals surface area contributed by atoms with E-state index in [1.54, 1.807) is 0 Å². The first-order chi connectivity index (χ1) is 7.31. The van der Waals surface area contributed by atoms with E-state index in [9.17, 15) is 4.79 Å². The van der Waals surface area contributed by atoms with Gasteiger partial charge in [-0.05, 0) is 11.4 Å². The summed E-state index contributed by atoms with van der Waals surface area (Å²) >= 11 is 1.38. The summed E-state index contributed by atoms with van der Waals surface area (Å²) < 4.78 is 0.654. The fourth-order valence-corrected chi connectivity index (χ4v) is 2.02. The standard InChI is InChI=1S/C9H11N3O2S/c13-3-2-10-5-7-11-6-1-4-15-8(6)9(14)12-7/h1,4,10,13H,2-3,5H2,(H,11,12,14). The maximum Gasteiger partial charge on any atom is 0.268 e. The van der Waals surface area contributed by atoms with Crippen LogP contribution in [0.15, 0.2) is 16.2 Å². The molecule has 0 aromatic carbocycles. The molecule has 2 heterocycles. The Morgan fingerprint density at radius 2 is 2.47 bits per heavy atom. The highest BCUT2D eigenvalue weighted by atomic mass is 32.1. The summed E-state index contributed by atoms with van der Waals surface area (Å²) in [7, 11) is 0. The third kappa shape index (κ3) is 2.23. The van der Waals surface area contributed by atoms with Gasteiger partial charge in [0.1, 0.15) is 10.5 Å². The van der Waals surface area contributed by atoms with Crippen molar-refractivity contribution < 1.29 is 5.11 Å². The Kier molecular flexibility index (Phi) is 3.10. The van der Waals surface area contributed by atoms with Gasteiger partial charge < -0.3 is 15.4 Å². The van der Waals surface area contributed by atoms with E-state index in [0.717, 1.165) is 5.52 Å². The number of aliphatic hydroxyl groups is 1. The molecule has 0 saturated heterocycles. The molecule has 0 amide bonds. The van der Waals surface area contributed by atoms with Crippen molar-refractivity contribution in [2.75, 3.05) is 13.2 Å². The molecular weight excluding hydrogens is 214 g/mol. The van der Waals surface area contributed by atoms with E-state index >= 15 is 0 Å². The Hall–Kier alpha value is -1.24. The lowest BCUT2D eigenvalue weighted by Gasteiger charge is -2.01. The Bertz CT molecular complexity index is 505. The zero-order valence-corrected chi connectivity index (χ0v) is 8.80. The van der Waals surface area contributed by atoms with Gasteiger partial charge in [-0.25, -0.2) is 4.98 Å². The number of hydrogen-bond acceptors (Lipinski definition) is 5. The van der Waals surface area contributed by atoms with Gasteiger partial charge in [0, 0.05) is 6.54 Å². The Balaban J connectivity index is 2.25. The SMILES string of the molecule is O=c1[nH]c(CNCCO)nc2ccsc12. The van der Waals surface area contributed by atoms with Gasteiger partial charge in [0.2, 0.25) is 0 Å². The second-order valence-corrected chi connectivity index (χ2v) is 3.96.